The average Bonchev–Trinajstić information content (AvgIpc) is 3.05. The van der Waals surface area contributed by atoms with E-state index >= 15 is 0 Å². The van der Waals surface area contributed by atoms with Crippen molar-refractivity contribution >= 4 is 30.1 Å². The molecular weight excluding hydrogens is 608 g/mol. The summed E-state index contributed by atoms with van der Waals surface area (Å²) in [4.78, 5) is 43.8. The molecule has 1 atom stereocenters. The van der Waals surface area contributed by atoms with E-state index in [9.17, 15) is 19.5 Å². The Morgan fingerprint density at radius 2 is 1.72 bits per heavy atom. The van der Waals surface area contributed by atoms with Gasteiger partial charge in [0.1, 0.15) is 17.3 Å². The lowest BCUT2D eigenvalue weighted by Crippen LogP contribution is -2.73. The number of hydrogen-bond donors (Lipinski definition) is 3. The lowest BCUT2D eigenvalue weighted by Gasteiger charge is -2.52. The highest BCUT2D eigenvalue weighted by molar-refractivity contribution is 6.00. The number of rotatable bonds is 11. The minimum absolute atomic E-state index is 0. The van der Waals surface area contributed by atoms with E-state index < -0.39 is 17.2 Å². The lowest BCUT2D eigenvalue weighted by atomic mass is 9.77. The minimum atomic E-state index is -0.875. The number of halogens is 1. The van der Waals surface area contributed by atoms with Crippen molar-refractivity contribution in [3.05, 3.63) is 53.6 Å². The smallest absolute Gasteiger partial charge is 0.251 e. The van der Waals surface area contributed by atoms with Crippen molar-refractivity contribution in [2.75, 3.05) is 33.8 Å². The van der Waals surface area contributed by atoms with Crippen LogP contribution in [0.15, 0.2) is 42.5 Å². The molecular formula is C35H49ClN4O6. The molecule has 10 nitrogen and oxygen atoms in total. The maximum atomic E-state index is 13.9. The van der Waals surface area contributed by atoms with Crippen LogP contribution in [0.5, 0.6) is 17.2 Å². The van der Waals surface area contributed by atoms with Crippen LogP contribution in [-0.2, 0) is 16.1 Å². The SMILES string of the molecule is CCCCN1C(=O)[C@@H](CC2(O)CCCCC2)NC(=O)C12CCN(Cc1ccc(Oc3ccc(C(=O)NC)cc3OC)cc1)CC2.Cl. The third kappa shape index (κ3) is 7.78. The van der Waals surface area contributed by atoms with Gasteiger partial charge in [0.2, 0.25) is 11.8 Å². The first-order valence-corrected chi connectivity index (χ1v) is 16.4. The molecule has 2 aliphatic heterocycles. The van der Waals surface area contributed by atoms with Gasteiger partial charge in [0.15, 0.2) is 11.5 Å². The van der Waals surface area contributed by atoms with Gasteiger partial charge in [-0.3, -0.25) is 19.3 Å². The van der Waals surface area contributed by atoms with Crippen LogP contribution in [0.25, 0.3) is 0 Å². The first kappa shape index (κ1) is 35.5. The first-order valence-electron chi connectivity index (χ1n) is 16.4. The van der Waals surface area contributed by atoms with E-state index in [1.54, 1.807) is 25.2 Å². The summed E-state index contributed by atoms with van der Waals surface area (Å²) in [5.74, 6) is 1.34. The van der Waals surface area contributed by atoms with Gasteiger partial charge < -0.3 is 30.1 Å². The van der Waals surface area contributed by atoms with Crippen LogP contribution in [0.4, 0.5) is 0 Å². The second-order valence-corrected chi connectivity index (χ2v) is 12.9. The lowest BCUT2D eigenvalue weighted by molar-refractivity contribution is -0.163. The fourth-order valence-electron chi connectivity index (χ4n) is 7.11. The molecule has 0 aromatic heterocycles. The van der Waals surface area contributed by atoms with Gasteiger partial charge >= 0.3 is 0 Å². The molecule has 11 heteroatoms. The average molecular weight is 657 g/mol. The monoisotopic (exact) mass is 656 g/mol. The Kier molecular flexibility index (Phi) is 12.0. The van der Waals surface area contributed by atoms with E-state index in [4.69, 9.17) is 9.47 Å². The Morgan fingerprint density at radius 1 is 1.02 bits per heavy atom. The quantitative estimate of drug-likeness (QED) is 0.317. The fourth-order valence-corrected chi connectivity index (χ4v) is 7.11. The highest BCUT2D eigenvalue weighted by Crippen LogP contribution is 2.38. The Hall–Kier alpha value is -3.34. The summed E-state index contributed by atoms with van der Waals surface area (Å²) in [6, 6.07) is 12.3. The summed E-state index contributed by atoms with van der Waals surface area (Å²) in [7, 11) is 3.12. The first-order chi connectivity index (χ1) is 21.7. The van der Waals surface area contributed by atoms with E-state index in [0.717, 1.165) is 44.2 Å². The van der Waals surface area contributed by atoms with Crippen LogP contribution >= 0.6 is 12.4 Å². The number of amides is 3. The third-order valence-electron chi connectivity index (χ3n) is 9.81. The molecule has 3 N–H and O–H groups in total. The molecule has 2 aromatic carbocycles. The van der Waals surface area contributed by atoms with Gasteiger partial charge in [-0.2, -0.15) is 0 Å². The number of likely N-dealkylation sites (tertiary alicyclic amines) is 1. The standard InChI is InChI=1S/C35H48N4O6.ClH/c1-4-5-19-39-32(41)28(23-34(43)15-7-6-8-16-34)37-33(42)35(39)17-20-38(21-18-35)24-25-9-12-27(13-10-25)45-29-14-11-26(31(40)36-2)22-30(29)44-3;/h9-14,22,28,43H,4-8,15-21,23-24H2,1-3H3,(H,36,40)(H,37,42);1H/t28-;/m1./s1. The van der Waals surface area contributed by atoms with Crippen molar-refractivity contribution in [3.8, 4) is 17.2 Å². The minimum Gasteiger partial charge on any atom is -0.493 e. The molecule has 0 radical (unpaired) electrons. The van der Waals surface area contributed by atoms with Crippen molar-refractivity contribution < 1.29 is 29.0 Å². The highest BCUT2D eigenvalue weighted by atomic mass is 35.5. The molecule has 0 unspecified atom stereocenters. The predicted molar refractivity (Wildman–Crippen MR) is 179 cm³/mol. The van der Waals surface area contributed by atoms with Crippen molar-refractivity contribution in [1.29, 1.82) is 0 Å². The summed E-state index contributed by atoms with van der Waals surface area (Å²) in [5.41, 5.74) is -0.103. The number of piperazine rings is 1. The molecule has 2 aromatic rings. The number of methoxy groups -OCH3 is 1. The van der Waals surface area contributed by atoms with Gasteiger partial charge in [0.25, 0.3) is 5.91 Å². The maximum absolute atomic E-state index is 13.9. The second kappa shape index (κ2) is 15.5. The van der Waals surface area contributed by atoms with Crippen LogP contribution in [-0.4, -0.2) is 83.6 Å². The fraction of sp³-hybridized carbons (Fsp3) is 0.571. The second-order valence-electron chi connectivity index (χ2n) is 12.9. The molecule has 252 valence electrons. The van der Waals surface area contributed by atoms with Gasteiger partial charge in [-0.15, -0.1) is 12.4 Å². The number of nitrogens with one attached hydrogen (secondary N) is 2. The maximum Gasteiger partial charge on any atom is 0.251 e. The highest BCUT2D eigenvalue weighted by Gasteiger charge is 2.54. The molecule has 5 rings (SSSR count). The van der Waals surface area contributed by atoms with Gasteiger partial charge in [0.05, 0.1) is 12.7 Å². The number of unbranched alkanes of at least 4 members (excludes halogenated alkanes) is 1. The number of ether oxygens (including phenoxy) is 2. The molecule has 1 saturated carbocycles. The number of nitrogens with zero attached hydrogens (tertiary/aromatic N) is 2. The number of benzene rings is 2. The zero-order valence-electron chi connectivity index (χ0n) is 27.3. The molecule has 1 aliphatic carbocycles. The van der Waals surface area contributed by atoms with E-state index in [2.05, 4.69) is 22.5 Å². The Labute approximate surface area is 278 Å². The van der Waals surface area contributed by atoms with E-state index in [-0.39, 0.29) is 30.1 Å². The Balaban J connectivity index is 0.00000480. The summed E-state index contributed by atoms with van der Waals surface area (Å²) in [6.45, 7) is 4.79. The molecule has 1 spiro atoms. The van der Waals surface area contributed by atoms with Gasteiger partial charge in [-0.25, -0.2) is 0 Å². The molecule has 46 heavy (non-hydrogen) atoms. The number of piperidine rings is 1. The number of hydrogen-bond acceptors (Lipinski definition) is 7. The van der Waals surface area contributed by atoms with E-state index in [1.165, 1.54) is 7.11 Å². The molecule has 3 amide bonds. The largest absolute Gasteiger partial charge is 0.493 e. The molecule has 2 heterocycles. The zero-order valence-corrected chi connectivity index (χ0v) is 28.1. The van der Waals surface area contributed by atoms with Gasteiger partial charge in [0, 0.05) is 45.2 Å². The summed E-state index contributed by atoms with van der Waals surface area (Å²) < 4.78 is 11.5. The Morgan fingerprint density at radius 3 is 2.35 bits per heavy atom. The molecule has 2 saturated heterocycles. The number of aliphatic hydroxyl groups is 1. The number of carbonyl (C=O) groups excluding carboxylic acids is 3. The van der Waals surface area contributed by atoms with Crippen LogP contribution in [0.1, 0.15) is 87.1 Å². The van der Waals surface area contributed by atoms with Crippen molar-refractivity contribution in [1.82, 2.24) is 20.4 Å². The van der Waals surface area contributed by atoms with Gasteiger partial charge in [-0.1, -0.05) is 44.7 Å². The van der Waals surface area contributed by atoms with Crippen LogP contribution < -0.4 is 20.1 Å². The van der Waals surface area contributed by atoms with Crippen LogP contribution in [0.2, 0.25) is 0 Å². The number of carbonyl (C=O) groups is 3. The Bertz CT molecular complexity index is 1360. The van der Waals surface area contributed by atoms with Crippen molar-refractivity contribution in [2.45, 2.75) is 94.9 Å². The van der Waals surface area contributed by atoms with Crippen molar-refractivity contribution in [3.63, 3.8) is 0 Å². The predicted octanol–water partition coefficient (Wildman–Crippen LogP) is 4.82. The summed E-state index contributed by atoms with van der Waals surface area (Å²) in [5, 5.41) is 16.8. The van der Waals surface area contributed by atoms with Crippen LogP contribution in [0, 0.1) is 0 Å². The van der Waals surface area contributed by atoms with Gasteiger partial charge in [-0.05, 0) is 68.0 Å². The van der Waals surface area contributed by atoms with Crippen molar-refractivity contribution in [2.24, 2.45) is 0 Å². The third-order valence-corrected chi connectivity index (χ3v) is 9.81. The normalized spacial score (nSPS) is 20.9. The molecule has 0 bridgehead atoms. The van der Waals surface area contributed by atoms with Crippen LogP contribution in [0.3, 0.4) is 0 Å². The summed E-state index contributed by atoms with van der Waals surface area (Å²) in [6.07, 6.45) is 7.67. The van der Waals surface area contributed by atoms with E-state index in [0.29, 0.717) is 74.6 Å². The molecule has 3 aliphatic rings. The topological polar surface area (TPSA) is 120 Å². The molecule has 3 fully saturated rings. The summed E-state index contributed by atoms with van der Waals surface area (Å²) >= 11 is 0. The van der Waals surface area contributed by atoms with E-state index in [1.807, 2.05) is 29.2 Å². The zero-order chi connectivity index (χ0) is 32.0.